The van der Waals surface area contributed by atoms with Crippen LogP contribution >= 0.6 is 0 Å². The Morgan fingerprint density at radius 2 is 1.67 bits per heavy atom. The van der Waals surface area contributed by atoms with E-state index in [9.17, 15) is 0 Å². The number of epoxide rings is 1. The van der Waals surface area contributed by atoms with Gasteiger partial charge in [-0.25, -0.2) is 0 Å². The van der Waals surface area contributed by atoms with Gasteiger partial charge in [0, 0.05) is 0 Å². The topological polar surface area (TPSA) is 21.8 Å². The van der Waals surface area contributed by atoms with Crippen LogP contribution in [-0.2, 0) is 11.2 Å². The van der Waals surface area contributed by atoms with E-state index in [0.717, 1.165) is 44.3 Å². The third-order valence-corrected chi connectivity index (χ3v) is 7.14. The summed E-state index contributed by atoms with van der Waals surface area (Å²) in [6, 6.07) is 0. The molecule has 2 nitrogen and oxygen atoms in total. The zero-order valence-electron chi connectivity index (χ0n) is 18.7. The van der Waals surface area contributed by atoms with E-state index in [-0.39, 0.29) is 11.2 Å². The molecule has 2 aliphatic heterocycles. The van der Waals surface area contributed by atoms with E-state index in [2.05, 4.69) is 61.5 Å². The average Bonchev–Trinajstić information content (AvgIpc) is 3.23. The van der Waals surface area contributed by atoms with E-state index in [1.807, 2.05) is 0 Å². The number of hydrogen-bond acceptors (Lipinski definition) is 2. The van der Waals surface area contributed by atoms with E-state index in [1.165, 1.54) is 33.4 Å². The van der Waals surface area contributed by atoms with Crippen LogP contribution in [0.15, 0.2) is 11.6 Å². The van der Waals surface area contributed by atoms with Crippen LogP contribution in [0.2, 0.25) is 0 Å². The first-order valence-electron chi connectivity index (χ1n) is 10.7. The molecule has 1 fully saturated rings. The minimum absolute atomic E-state index is 0.0513. The molecule has 0 radical (unpaired) electrons. The third-order valence-electron chi connectivity index (χ3n) is 7.14. The van der Waals surface area contributed by atoms with Gasteiger partial charge in [-0.1, -0.05) is 11.6 Å². The molecule has 2 atom stereocenters. The van der Waals surface area contributed by atoms with Gasteiger partial charge in [0.2, 0.25) is 0 Å². The van der Waals surface area contributed by atoms with Crippen molar-refractivity contribution in [3.63, 3.8) is 0 Å². The number of fused-ring (bicyclic) bond motifs is 1. The Morgan fingerprint density at radius 1 is 1.04 bits per heavy atom. The second-order valence-corrected chi connectivity index (χ2v) is 9.70. The van der Waals surface area contributed by atoms with E-state index in [4.69, 9.17) is 9.47 Å². The molecule has 0 aliphatic carbocycles. The van der Waals surface area contributed by atoms with E-state index in [0.29, 0.717) is 6.10 Å². The average molecular weight is 371 g/mol. The van der Waals surface area contributed by atoms with E-state index >= 15 is 0 Å². The number of hydrogen-bond donors (Lipinski definition) is 0. The summed E-state index contributed by atoms with van der Waals surface area (Å²) in [7, 11) is 0. The lowest BCUT2D eigenvalue weighted by Crippen LogP contribution is -2.37. The van der Waals surface area contributed by atoms with Crippen molar-refractivity contribution >= 4 is 0 Å². The Balaban J connectivity index is 1.59. The van der Waals surface area contributed by atoms with Crippen LogP contribution in [0.4, 0.5) is 0 Å². The fraction of sp³-hybridized carbons (Fsp3) is 0.680. The van der Waals surface area contributed by atoms with Crippen LogP contribution in [0.3, 0.4) is 0 Å². The molecule has 1 saturated heterocycles. The van der Waals surface area contributed by atoms with E-state index in [1.54, 1.807) is 0 Å². The molecule has 0 aromatic heterocycles. The molecule has 0 saturated carbocycles. The van der Waals surface area contributed by atoms with Gasteiger partial charge >= 0.3 is 0 Å². The van der Waals surface area contributed by atoms with Crippen molar-refractivity contribution in [3.05, 3.63) is 39.5 Å². The minimum atomic E-state index is -0.0513. The van der Waals surface area contributed by atoms with Crippen molar-refractivity contribution in [3.8, 4) is 5.75 Å². The van der Waals surface area contributed by atoms with Crippen LogP contribution in [0.1, 0.15) is 87.6 Å². The molecule has 27 heavy (non-hydrogen) atoms. The molecule has 0 N–H and O–H groups in total. The largest absolute Gasteiger partial charge is 0.487 e. The van der Waals surface area contributed by atoms with Crippen molar-refractivity contribution < 1.29 is 9.47 Å². The van der Waals surface area contributed by atoms with Gasteiger partial charge in [-0.2, -0.15) is 0 Å². The highest BCUT2D eigenvalue weighted by atomic mass is 16.6. The number of ether oxygens (including phenoxy) is 2. The summed E-state index contributed by atoms with van der Waals surface area (Å²) in [5.41, 5.74) is 8.56. The molecule has 0 amide bonds. The summed E-state index contributed by atoms with van der Waals surface area (Å²) < 4.78 is 12.3. The van der Waals surface area contributed by atoms with Crippen LogP contribution in [0.5, 0.6) is 5.75 Å². The molecule has 2 heterocycles. The molecule has 1 aromatic carbocycles. The maximum atomic E-state index is 6.63. The first-order chi connectivity index (χ1) is 12.5. The first kappa shape index (κ1) is 20.5. The summed E-state index contributed by atoms with van der Waals surface area (Å²) in [6.45, 7) is 17.9. The first-order valence-corrected chi connectivity index (χ1v) is 10.7. The third kappa shape index (κ3) is 4.26. The molecule has 1 aromatic rings. The van der Waals surface area contributed by atoms with Crippen molar-refractivity contribution in [2.45, 2.75) is 111 Å². The lowest BCUT2D eigenvalue weighted by atomic mass is 9.83. The Kier molecular flexibility index (Phi) is 5.51. The Bertz CT molecular complexity index is 756. The van der Waals surface area contributed by atoms with Gasteiger partial charge in [0.25, 0.3) is 0 Å². The monoisotopic (exact) mass is 370 g/mol. The van der Waals surface area contributed by atoms with Gasteiger partial charge in [0.15, 0.2) is 0 Å². The van der Waals surface area contributed by atoms with Gasteiger partial charge in [-0.05, 0) is 122 Å². The van der Waals surface area contributed by atoms with Gasteiger partial charge < -0.3 is 9.47 Å². The minimum Gasteiger partial charge on any atom is -0.487 e. The zero-order valence-corrected chi connectivity index (χ0v) is 18.7. The van der Waals surface area contributed by atoms with Crippen LogP contribution in [0, 0.1) is 27.7 Å². The highest BCUT2D eigenvalue weighted by Gasteiger charge is 2.46. The molecular formula is C25H38O2. The normalized spacial score (nSPS) is 26.5. The SMILES string of the molecule is C/C(=C\CC[C@]1(C)CCc2c(C)c(C)c(C)c(C)c2O1)CCC1OC1(C)C. The molecule has 150 valence electrons. The quantitative estimate of drug-likeness (QED) is 0.411. The molecule has 0 bridgehead atoms. The maximum Gasteiger partial charge on any atom is 0.126 e. The lowest BCUT2D eigenvalue weighted by Gasteiger charge is -2.38. The fourth-order valence-electron chi connectivity index (χ4n) is 4.48. The second kappa shape index (κ2) is 7.28. The van der Waals surface area contributed by atoms with Crippen LogP contribution in [-0.4, -0.2) is 17.3 Å². The second-order valence-electron chi connectivity index (χ2n) is 9.70. The summed E-state index contributed by atoms with van der Waals surface area (Å²) in [6.07, 6.45) is 9.58. The Morgan fingerprint density at radius 3 is 2.30 bits per heavy atom. The predicted octanol–water partition coefficient (Wildman–Crippen LogP) is 6.69. The van der Waals surface area contributed by atoms with Gasteiger partial charge in [-0.15, -0.1) is 0 Å². The lowest BCUT2D eigenvalue weighted by molar-refractivity contribution is 0.0560. The molecule has 2 aliphatic rings. The summed E-state index contributed by atoms with van der Waals surface area (Å²) in [4.78, 5) is 0. The van der Waals surface area contributed by atoms with Gasteiger partial charge in [-0.3, -0.25) is 0 Å². The smallest absolute Gasteiger partial charge is 0.126 e. The van der Waals surface area contributed by atoms with E-state index < -0.39 is 0 Å². The number of benzene rings is 1. The molecular weight excluding hydrogens is 332 g/mol. The van der Waals surface area contributed by atoms with Crippen molar-refractivity contribution in [2.75, 3.05) is 0 Å². The van der Waals surface area contributed by atoms with Crippen LogP contribution in [0.25, 0.3) is 0 Å². The number of allylic oxidation sites excluding steroid dienone is 2. The van der Waals surface area contributed by atoms with Crippen molar-refractivity contribution in [1.29, 1.82) is 0 Å². The highest BCUT2D eigenvalue weighted by Crippen LogP contribution is 2.42. The zero-order chi connectivity index (χ0) is 20.0. The van der Waals surface area contributed by atoms with Gasteiger partial charge in [0.1, 0.15) is 11.4 Å². The van der Waals surface area contributed by atoms with Crippen LogP contribution < -0.4 is 4.74 Å². The summed E-state index contributed by atoms with van der Waals surface area (Å²) in [5.74, 6) is 1.16. The molecule has 3 rings (SSSR count). The van der Waals surface area contributed by atoms with Crippen molar-refractivity contribution in [2.24, 2.45) is 0 Å². The Hall–Kier alpha value is -1.28. The predicted molar refractivity (Wildman–Crippen MR) is 114 cm³/mol. The molecule has 1 unspecified atom stereocenters. The fourth-order valence-corrected chi connectivity index (χ4v) is 4.48. The molecule has 2 heteroatoms. The van der Waals surface area contributed by atoms with Crippen molar-refractivity contribution in [1.82, 2.24) is 0 Å². The van der Waals surface area contributed by atoms with Gasteiger partial charge in [0.05, 0.1) is 11.7 Å². The summed E-state index contributed by atoms with van der Waals surface area (Å²) in [5, 5.41) is 0. The maximum absolute atomic E-state index is 6.63. The molecule has 0 spiro atoms. The summed E-state index contributed by atoms with van der Waals surface area (Å²) >= 11 is 0. The standard InChI is InChI=1S/C25H38O2/c1-16(11-12-22-24(6,7)26-22)10-9-14-25(8)15-13-21-19(4)17(2)18(3)20(5)23(21)27-25/h10,22H,9,11-15H2,1-8H3/b16-10+/t22?,25-/m1/s1. The highest BCUT2D eigenvalue weighted by molar-refractivity contribution is 5.55. The number of rotatable bonds is 6. The Labute approximate surface area is 166 Å².